The van der Waals surface area contributed by atoms with Crippen LogP contribution in [0.1, 0.15) is 21.5 Å². The van der Waals surface area contributed by atoms with Crippen molar-refractivity contribution in [1.82, 2.24) is 5.06 Å². The first-order chi connectivity index (χ1) is 7.22. The van der Waals surface area contributed by atoms with Crippen molar-refractivity contribution in [2.24, 2.45) is 0 Å². The molecule has 78 valence electrons. The first-order valence-corrected chi connectivity index (χ1v) is 4.84. The standard InChI is InChI=1S/C12H13NO2/c1-13(15-2)12(14)11-7-6-9-4-3-5-10(9)8-11/h3,5-8H,4H2,1-2H3. The van der Waals surface area contributed by atoms with Gasteiger partial charge in [0.05, 0.1) is 7.11 Å². The molecule has 0 unspecified atom stereocenters. The lowest BCUT2D eigenvalue weighted by molar-refractivity contribution is -0.0757. The monoisotopic (exact) mass is 203 g/mol. The van der Waals surface area contributed by atoms with E-state index in [-0.39, 0.29) is 5.91 Å². The maximum atomic E-state index is 11.8. The third-order valence-electron chi connectivity index (χ3n) is 2.59. The molecule has 1 aliphatic carbocycles. The maximum Gasteiger partial charge on any atom is 0.277 e. The molecular formula is C12H13NO2. The van der Waals surface area contributed by atoms with E-state index in [1.807, 2.05) is 24.3 Å². The Morgan fingerprint density at radius 3 is 3.00 bits per heavy atom. The Morgan fingerprint density at radius 1 is 1.47 bits per heavy atom. The number of carbonyl (C=O) groups excluding carboxylic acids is 1. The van der Waals surface area contributed by atoms with Crippen molar-refractivity contribution in [2.75, 3.05) is 14.2 Å². The van der Waals surface area contributed by atoms with Gasteiger partial charge in [0.15, 0.2) is 0 Å². The minimum atomic E-state index is -0.124. The largest absolute Gasteiger partial charge is 0.277 e. The van der Waals surface area contributed by atoms with Crippen LogP contribution >= 0.6 is 0 Å². The van der Waals surface area contributed by atoms with Gasteiger partial charge in [0.25, 0.3) is 5.91 Å². The van der Waals surface area contributed by atoms with E-state index in [4.69, 9.17) is 4.84 Å². The molecule has 0 bridgehead atoms. The van der Waals surface area contributed by atoms with Crippen molar-refractivity contribution in [3.05, 3.63) is 41.0 Å². The molecule has 2 rings (SSSR count). The molecule has 0 spiro atoms. The van der Waals surface area contributed by atoms with Crippen LogP contribution in [0.3, 0.4) is 0 Å². The Labute approximate surface area is 88.9 Å². The van der Waals surface area contributed by atoms with E-state index in [1.54, 1.807) is 7.05 Å². The maximum absolute atomic E-state index is 11.8. The molecule has 1 aliphatic rings. The van der Waals surface area contributed by atoms with Gasteiger partial charge in [-0.25, -0.2) is 5.06 Å². The van der Waals surface area contributed by atoms with E-state index in [0.29, 0.717) is 5.56 Å². The van der Waals surface area contributed by atoms with E-state index in [1.165, 1.54) is 17.7 Å². The summed E-state index contributed by atoms with van der Waals surface area (Å²) in [6, 6.07) is 5.73. The lowest BCUT2D eigenvalue weighted by atomic mass is 10.1. The van der Waals surface area contributed by atoms with Crippen LogP contribution < -0.4 is 0 Å². The Hall–Kier alpha value is -1.61. The van der Waals surface area contributed by atoms with Crippen molar-refractivity contribution in [1.29, 1.82) is 0 Å². The van der Waals surface area contributed by atoms with E-state index >= 15 is 0 Å². The number of nitrogens with zero attached hydrogens (tertiary/aromatic N) is 1. The molecule has 3 nitrogen and oxygen atoms in total. The first-order valence-electron chi connectivity index (χ1n) is 4.84. The van der Waals surface area contributed by atoms with Crippen molar-refractivity contribution >= 4 is 12.0 Å². The third-order valence-corrected chi connectivity index (χ3v) is 2.59. The SMILES string of the molecule is CON(C)C(=O)c1ccc2c(c1)C=CC2. The molecule has 15 heavy (non-hydrogen) atoms. The molecule has 0 N–H and O–H groups in total. The predicted octanol–water partition coefficient (Wildman–Crippen LogP) is 1.89. The highest BCUT2D eigenvalue weighted by molar-refractivity contribution is 5.94. The number of hydrogen-bond acceptors (Lipinski definition) is 2. The summed E-state index contributed by atoms with van der Waals surface area (Å²) in [6.45, 7) is 0. The molecule has 1 amide bonds. The molecule has 0 saturated carbocycles. The fraction of sp³-hybridized carbons (Fsp3) is 0.250. The summed E-state index contributed by atoms with van der Waals surface area (Å²) in [6.07, 6.45) is 5.10. The molecule has 0 heterocycles. The van der Waals surface area contributed by atoms with Gasteiger partial charge < -0.3 is 0 Å². The average Bonchev–Trinajstić information content (AvgIpc) is 2.73. The van der Waals surface area contributed by atoms with Crippen molar-refractivity contribution in [3.8, 4) is 0 Å². The van der Waals surface area contributed by atoms with Gasteiger partial charge in [-0.3, -0.25) is 9.63 Å². The van der Waals surface area contributed by atoms with Gasteiger partial charge in [-0.15, -0.1) is 0 Å². The molecule has 0 aliphatic heterocycles. The number of hydroxylamine groups is 2. The van der Waals surface area contributed by atoms with E-state index in [0.717, 1.165) is 12.0 Å². The molecule has 0 radical (unpaired) electrons. The van der Waals surface area contributed by atoms with Gasteiger partial charge in [0.1, 0.15) is 0 Å². The van der Waals surface area contributed by atoms with Crippen LogP contribution in [-0.4, -0.2) is 25.1 Å². The van der Waals surface area contributed by atoms with Gasteiger partial charge in [-0.2, -0.15) is 0 Å². The Bertz CT molecular complexity index is 424. The number of hydrogen-bond donors (Lipinski definition) is 0. The van der Waals surface area contributed by atoms with Crippen LogP contribution in [0.5, 0.6) is 0 Å². The highest BCUT2D eigenvalue weighted by Crippen LogP contribution is 2.21. The molecular weight excluding hydrogens is 190 g/mol. The molecule has 0 atom stereocenters. The fourth-order valence-electron chi connectivity index (χ4n) is 1.65. The molecule has 0 saturated heterocycles. The van der Waals surface area contributed by atoms with Gasteiger partial charge in [0.2, 0.25) is 0 Å². The minimum Gasteiger partial charge on any atom is -0.274 e. The lowest BCUT2D eigenvalue weighted by Gasteiger charge is -2.14. The average molecular weight is 203 g/mol. The summed E-state index contributed by atoms with van der Waals surface area (Å²) in [4.78, 5) is 16.6. The fourth-order valence-corrected chi connectivity index (χ4v) is 1.65. The van der Waals surface area contributed by atoms with Crippen LogP contribution in [0.4, 0.5) is 0 Å². The van der Waals surface area contributed by atoms with Crippen LogP contribution in [0.2, 0.25) is 0 Å². The normalized spacial score (nSPS) is 12.7. The van der Waals surface area contributed by atoms with Gasteiger partial charge >= 0.3 is 0 Å². The molecule has 1 aromatic carbocycles. The minimum absolute atomic E-state index is 0.124. The number of carbonyl (C=O) groups is 1. The Morgan fingerprint density at radius 2 is 2.27 bits per heavy atom. The quantitative estimate of drug-likeness (QED) is 0.687. The van der Waals surface area contributed by atoms with E-state index in [9.17, 15) is 4.79 Å². The third kappa shape index (κ3) is 1.78. The van der Waals surface area contributed by atoms with Crippen LogP contribution in [0.15, 0.2) is 24.3 Å². The number of amides is 1. The second kappa shape index (κ2) is 3.87. The summed E-state index contributed by atoms with van der Waals surface area (Å²) >= 11 is 0. The van der Waals surface area contributed by atoms with Crippen molar-refractivity contribution in [2.45, 2.75) is 6.42 Å². The smallest absolute Gasteiger partial charge is 0.274 e. The first kappa shape index (κ1) is 9.93. The molecule has 0 fully saturated rings. The number of allylic oxidation sites excluding steroid dienone is 1. The van der Waals surface area contributed by atoms with Crippen molar-refractivity contribution in [3.63, 3.8) is 0 Å². The van der Waals surface area contributed by atoms with E-state index in [2.05, 4.69) is 6.08 Å². The van der Waals surface area contributed by atoms with Gasteiger partial charge in [0, 0.05) is 12.6 Å². The zero-order valence-electron chi connectivity index (χ0n) is 8.86. The van der Waals surface area contributed by atoms with E-state index < -0.39 is 0 Å². The van der Waals surface area contributed by atoms with Crippen LogP contribution in [0, 0.1) is 0 Å². The highest BCUT2D eigenvalue weighted by atomic mass is 16.7. The zero-order chi connectivity index (χ0) is 10.8. The molecule has 0 aromatic heterocycles. The van der Waals surface area contributed by atoms with Crippen LogP contribution in [-0.2, 0) is 11.3 Å². The summed E-state index contributed by atoms with van der Waals surface area (Å²) in [7, 11) is 3.08. The van der Waals surface area contributed by atoms with Gasteiger partial charge in [-0.05, 0) is 29.7 Å². The number of benzene rings is 1. The summed E-state index contributed by atoms with van der Waals surface area (Å²) < 4.78 is 0. The highest BCUT2D eigenvalue weighted by Gasteiger charge is 2.13. The topological polar surface area (TPSA) is 29.5 Å². The number of fused-ring (bicyclic) bond motifs is 1. The lowest BCUT2D eigenvalue weighted by Crippen LogP contribution is -2.25. The molecule has 3 heteroatoms. The van der Waals surface area contributed by atoms with Gasteiger partial charge in [-0.1, -0.05) is 18.2 Å². The number of rotatable bonds is 2. The Balaban J connectivity index is 2.30. The predicted molar refractivity (Wildman–Crippen MR) is 58.3 cm³/mol. The summed E-state index contributed by atoms with van der Waals surface area (Å²) in [5, 5.41) is 1.22. The molecule has 1 aromatic rings. The summed E-state index contributed by atoms with van der Waals surface area (Å²) in [5.41, 5.74) is 3.06. The second-order valence-corrected chi connectivity index (χ2v) is 3.51. The van der Waals surface area contributed by atoms with Crippen LogP contribution in [0.25, 0.3) is 6.08 Å². The summed E-state index contributed by atoms with van der Waals surface area (Å²) in [5.74, 6) is -0.124. The second-order valence-electron chi connectivity index (χ2n) is 3.51. The Kier molecular flexibility index (Phi) is 2.56. The van der Waals surface area contributed by atoms with Crippen molar-refractivity contribution < 1.29 is 9.63 Å². The zero-order valence-corrected chi connectivity index (χ0v) is 8.86.